The number of benzene rings is 1. The average molecular weight is 362 g/mol. The van der Waals surface area contributed by atoms with Gasteiger partial charge in [-0.3, -0.25) is 4.98 Å². The molecule has 27 heavy (non-hydrogen) atoms. The zero-order valence-corrected chi connectivity index (χ0v) is 15.6. The summed E-state index contributed by atoms with van der Waals surface area (Å²) < 4.78 is 15.1. The molecule has 0 aliphatic heterocycles. The van der Waals surface area contributed by atoms with Crippen LogP contribution in [0.3, 0.4) is 0 Å². The fourth-order valence-corrected chi connectivity index (χ4v) is 3.83. The highest BCUT2D eigenvalue weighted by Gasteiger charge is 2.26. The smallest absolute Gasteiger partial charge is 0.123 e. The highest BCUT2D eigenvalue weighted by atomic mass is 19.1. The Labute approximate surface area is 158 Å². The summed E-state index contributed by atoms with van der Waals surface area (Å²) in [6, 6.07) is 12.8. The van der Waals surface area contributed by atoms with Crippen LogP contribution in [-0.2, 0) is 6.54 Å². The fourth-order valence-electron chi connectivity index (χ4n) is 3.83. The van der Waals surface area contributed by atoms with Crippen molar-refractivity contribution in [1.82, 2.24) is 20.1 Å². The normalized spacial score (nSPS) is 18.9. The van der Waals surface area contributed by atoms with Gasteiger partial charge in [0.2, 0.25) is 0 Å². The van der Waals surface area contributed by atoms with Crippen LogP contribution in [0.2, 0.25) is 0 Å². The molecule has 0 radical (unpaired) electrons. The van der Waals surface area contributed by atoms with E-state index in [4.69, 9.17) is 5.10 Å². The van der Waals surface area contributed by atoms with Gasteiger partial charge in [0.1, 0.15) is 5.82 Å². The van der Waals surface area contributed by atoms with Crippen LogP contribution in [0.5, 0.6) is 0 Å². The largest absolute Gasteiger partial charge is 0.305 e. The second kappa shape index (κ2) is 7.45. The number of allylic oxidation sites excluding steroid dienone is 1. The maximum Gasteiger partial charge on any atom is 0.123 e. The zero-order chi connectivity index (χ0) is 18.8. The van der Waals surface area contributed by atoms with Gasteiger partial charge >= 0.3 is 0 Å². The van der Waals surface area contributed by atoms with Crippen LogP contribution in [0.25, 0.3) is 5.69 Å². The van der Waals surface area contributed by atoms with Crippen LogP contribution < -0.4 is 5.32 Å². The molecule has 1 aliphatic carbocycles. The van der Waals surface area contributed by atoms with Gasteiger partial charge in [0.15, 0.2) is 0 Å². The summed E-state index contributed by atoms with van der Waals surface area (Å²) in [5.74, 6) is 0.0986. The van der Waals surface area contributed by atoms with Gasteiger partial charge in [0.25, 0.3) is 0 Å². The van der Waals surface area contributed by atoms with Crippen molar-refractivity contribution in [1.29, 1.82) is 0 Å². The molecule has 1 aromatic carbocycles. The van der Waals surface area contributed by atoms with Crippen molar-refractivity contribution in [2.75, 3.05) is 0 Å². The third kappa shape index (κ3) is 3.69. The number of aromatic nitrogens is 3. The van der Waals surface area contributed by atoms with Gasteiger partial charge in [-0.2, -0.15) is 5.10 Å². The van der Waals surface area contributed by atoms with E-state index in [1.54, 1.807) is 12.1 Å². The molecule has 138 valence electrons. The lowest BCUT2D eigenvalue weighted by atomic mass is 9.96. The number of halogens is 1. The van der Waals surface area contributed by atoms with E-state index in [9.17, 15) is 4.39 Å². The number of hydrogen-bond donors (Lipinski definition) is 1. The Balaban J connectivity index is 1.48. The van der Waals surface area contributed by atoms with Crippen molar-refractivity contribution in [2.24, 2.45) is 0 Å². The van der Waals surface area contributed by atoms with Crippen LogP contribution in [-0.4, -0.2) is 20.8 Å². The third-order valence-corrected chi connectivity index (χ3v) is 5.14. The first-order valence-electron chi connectivity index (χ1n) is 9.25. The molecular formula is C22H23FN4. The SMILES string of the molecule is Cc1nn(-c2ccc(F)cc2)c(C)c1C1C=CC(NCc2ccccn2)C1. The predicted molar refractivity (Wildman–Crippen MR) is 104 cm³/mol. The third-order valence-electron chi connectivity index (χ3n) is 5.14. The lowest BCUT2D eigenvalue weighted by molar-refractivity contribution is 0.554. The van der Waals surface area contributed by atoms with Crippen LogP contribution in [0, 0.1) is 19.7 Å². The Morgan fingerprint density at radius 1 is 1.11 bits per heavy atom. The van der Waals surface area contributed by atoms with Crippen molar-refractivity contribution in [3.8, 4) is 5.69 Å². The number of nitrogens with zero attached hydrogens (tertiary/aromatic N) is 3. The molecule has 2 aromatic heterocycles. The quantitative estimate of drug-likeness (QED) is 0.691. The molecule has 4 rings (SSSR count). The summed E-state index contributed by atoms with van der Waals surface area (Å²) in [4.78, 5) is 4.36. The molecule has 1 aliphatic rings. The maximum absolute atomic E-state index is 13.2. The number of pyridine rings is 1. The minimum atomic E-state index is -0.235. The van der Waals surface area contributed by atoms with Gasteiger partial charge < -0.3 is 5.32 Å². The lowest BCUT2D eigenvalue weighted by Gasteiger charge is -2.14. The standard InChI is InChI=1S/C22H23FN4/c1-15-22(16(2)27(26-15)21-10-7-18(23)8-11-21)17-6-9-19(13-17)25-14-20-5-3-4-12-24-20/h3-12,17,19,25H,13-14H2,1-2H3. The van der Waals surface area contributed by atoms with Crippen molar-refractivity contribution in [3.63, 3.8) is 0 Å². The van der Waals surface area contributed by atoms with E-state index in [-0.39, 0.29) is 5.82 Å². The van der Waals surface area contributed by atoms with Crippen LogP contribution >= 0.6 is 0 Å². The van der Waals surface area contributed by atoms with Gasteiger partial charge in [-0.25, -0.2) is 9.07 Å². The second-order valence-corrected chi connectivity index (χ2v) is 7.01. The number of rotatable bonds is 5. The number of nitrogens with one attached hydrogen (secondary N) is 1. The first-order chi connectivity index (χ1) is 13.1. The van der Waals surface area contributed by atoms with Gasteiger partial charge in [-0.05, 0) is 56.7 Å². The van der Waals surface area contributed by atoms with E-state index < -0.39 is 0 Å². The first-order valence-corrected chi connectivity index (χ1v) is 9.25. The molecule has 2 unspecified atom stereocenters. The van der Waals surface area contributed by atoms with E-state index in [1.165, 1.54) is 17.7 Å². The van der Waals surface area contributed by atoms with E-state index in [0.717, 1.165) is 35.7 Å². The Morgan fingerprint density at radius 3 is 2.67 bits per heavy atom. The lowest BCUT2D eigenvalue weighted by Crippen LogP contribution is -2.25. The topological polar surface area (TPSA) is 42.7 Å². The van der Waals surface area contributed by atoms with E-state index >= 15 is 0 Å². The predicted octanol–water partition coefficient (Wildman–Crippen LogP) is 4.23. The highest BCUT2D eigenvalue weighted by Crippen LogP contribution is 2.34. The summed E-state index contributed by atoms with van der Waals surface area (Å²) in [7, 11) is 0. The molecule has 1 N–H and O–H groups in total. The van der Waals surface area contributed by atoms with Crippen LogP contribution in [0.4, 0.5) is 4.39 Å². The fraction of sp³-hybridized carbons (Fsp3) is 0.273. The Morgan fingerprint density at radius 2 is 1.93 bits per heavy atom. The van der Waals surface area contributed by atoms with Gasteiger partial charge in [-0.1, -0.05) is 18.2 Å². The molecule has 2 atom stereocenters. The van der Waals surface area contributed by atoms with E-state index in [2.05, 4.69) is 29.4 Å². The number of aryl methyl sites for hydroxylation is 1. The van der Waals surface area contributed by atoms with Gasteiger partial charge in [0.05, 0.1) is 17.1 Å². The molecule has 0 spiro atoms. The molecule has 4 nitrogen and oxygen atoms in total. The molecule has 0 saturated heterocycles. The highest BCUT2D eigenvalue weighted by molar-refractivity contribution is 5.41. The first kappa shape index (κ1) is 17.6. The second-order valence-electron chi connectivity index (χ2n) is 7.01. The van der Waals surface area contributed by atoms with Crippen LogP contribution in [0.15, 0.2) is 60.8 Å². The van der Waals surface area contributed by atoms with Crippen molar-refractivity contribution in [2.45, 2.75) is 38.8 Å². The van der Waals surface area contributed by atoms with E-state index in [0.29, 0.717) is 12.0 Å². The molecular weight excluding hydrogens is 339 g/mol. The summed E-state index contributed by atoms with van der Waals surface area (Å²) in [5.41, 5.74) is 5.33. The average Bonchev–Trinajstić information content (AvgIpc) is 3.25. The summed E-state index contributed by atoms with van der Waals surface area (Å²) in [5, 5.41) is 8.27. The maximum atomic E-state index is 13.2. The summed E-state index contributed by atoms with van der Waals surface area (Å²) >= 11 is 0. The Bertz CT molecular complexity index is 944. The van der Waals surface area contributed by atoms with Crippen LogP contribution in [0.1, 0.15) is 35.0 Å². The molecule has 0 fully saturated rings. The molecule has 0 amide bonds. The number of hydrogen-bond acceptors (Lipinski definition) is 3. The zero-order valence-electron chi connectivity index (χ0n) is 15.6. The molecule has 0 bridgehead atoms. The van der Waals surface area contributed by atoms with Crippen molar-refractivity contribution < 1.29 is 4.39 Å². The van der Waals surface area contributed by atoms with Gasteiger partial charge in [-0.15, -0.1) is 0 Å². The van der Waals surface area contributed by atoms with Crippen molar-refractivity contribution >= 4 is 0 Å². The van der Waals surface area contributed by atoms with E-state index in [1.807, 2.05) is 36.0 Å². The molecule has 3 aromatic rings. The monoisotopic (exact) mass is 362 g/mol. The van der Waals surface area contributed by atoms with Gasteiger partial charge in [0, 0.05) is 36.0 Å². The molecule has 5 heteroatoms. The molecule has 2 heterocycles. The molecule has 0 saturated carbocycles. The summed E-state index contributed by atoms with van der Waals surface area (Å²) in [6.07, 6.45) is 7.33. The van der Waals surface area contributed by atoms with Crippen molar-refractivity contribution in [3.05, 3.63) is 89.3 Å². The minimum absolute atomic E-state index is 0.235. The summed E-state index contributed by atoms with van der Waals surface area (Å²) in [6.45, 7) is 4.89. The minimum Gasteiger partial charge on any atom is -0.305 e. The Hall–Kier alpha value is -2.79. The Kier molecular flexibility index (Phi) is 4.86.